The summed E-state index contributed by atoms with van der Waals surface area (Å²) in [5, 5.41) is 0. The first-order valence-electron chi connectivity index (χ1n) is 4.99. The number of hydrogen-bond acceptors (Lipinski definition) is 2. The maximum Gasteiger partial charge on any atom is 0.218 e. The van der Waals surface area contributed by atoms with E-state index in [-0.39, 0.29) is 11.9 Å². The molecule has 0 aromatic heterocycles. The molecule has 1 heterocycles. The molecule has 0 amide bonds. The lowest BCUT2D eigenvalue weighted by molar-refractivity contribution is 0.479. The van der Waals surface area contributed by atoms with Gasteiger partial charge in [-0.25, -0.2) is 0 Å². The normalized spacial score (nSPS) is 25.5. The lowest BCUT2D eigenvalue weighted by atomic mass is 9.95. The number of rotatable bonds is 3. The highest BCUT2D eigenvalue weighted by Crippen LogP contribution is 2.19. The number of guanidine groups is 2. The van der Waals surface area contributed by atoms with Crippen LogP contribution >= 0.6 is 0 Å². The summed E-state index contributed by atoms with van der Waals surface area (Å²) in [5.74, 6) is 1.18. The minimum absolute atomic E-state index is 0.0629. The molecule has 15 heavy (non-hydrogen) atoms. The van der Waals surface area contributed by atoms with Gasteiger partial charge >= 0.3 is 0 Å². The molecular formula is C9H18N6. The van der Waals surface area contributed by atoms with E-state index in [1.165, 1.54) is 0 Å². The predicted octanol–water partition coefficient (Wildman–Crippen LogP) is -0.699. The largest absolute Gasteiger partial charge is 0.370 e. The molecule has 0 saturated heterocycles. The van der Waals surface area contributed by atoms with E-state index < -0.39 is 0 Å². The highest BCUT2D eigenvalue weighted by molar-refractivity contribution is 5.92. The Morgan fingerprint density at radius 3 is 2.73 bits per heavy atom. The molecule has 2 atom stereocenters. The number of nitrogens with two attached hydrogens (primary N) is 3. The van der Waals surface area contributed by atoms with Gasteiger partial charge in [0.25, 0.3) is 0 Å². The Hall–Kier alpha value is -1.59. The van der Waals surface area contributed by atoms with Crippen molar-refractivity contribution in [2.75, 3.05) is 13.1 Å². The molecule has 1 rings (SSSR count). The quantitative estimate of drug-likeness (QED) is 0.422. The van der Waals surface area contributed by atoms with Crippen molar-refractivity contribution in [3.8, 4) is 0 Å². The summed E-state index contributed by atoms with van der Waals surface area (Å²) < 4.78 is 0. The molecule has 6 nitrogen and oxygen atoms in total. The second-order valence-corrected chi connectivity index (χ2v) is 3.72. The molecule has 0 aliphatic carbocycles. The van der Waals surface area contributed by atoms with Gasteiger partial charge in [0.15, 0.2) is 5.96 Å². The van der Waals surface area contributed by atoms with Crippen molar-refractivity contribution < 1.29 is 0 Å². The minimum atomic E-state index is -0.0629. The van der Waals surface area contributed by atoms with Gasteiger partial charge in [0.2, 0.25) is 5.96 Å². The summed E-state index contributed by atoms with van der Waals surface area (Å²) >= 11 is 0. The molecule has 0 radical (unpaired) electrons. The van der Waals surface area contributed by atoms with E-state index in [2.05, 4.69) is 21.9 Å². The predicted molar refractivity (Wildman–Crippen MR) is 62.9 cm³/mol. The van der Waals surface area contributed by atoms with Crippen LogP contribution < -0.4 is 17.2 Å². The van der Waals surface area contributed by atoms with Gasteiger partial charge in [-0.1, -0.05) is 6.92 Å². The van der Waals surface area contributed by atoms with Gasteiger partial charge < -0.3 is 17.2 Å². The summed E-state index contributed by atoms with van der Waals surface area (Å²) in [6.07, 6.45) is 2.93. The fourth-order valence-corrected chi connectivity index (χ4v) is 1.50. The van der Waals surface area contributed by atoms with Crippen LogP contribution in [0.2, 0.25) is 0 Å². The number of hydrogen-bond donors (Lipinski definition) is 3. The third-order valence-electron chi connectivity index (χ3n) is 2.40. The number of aliphatic imine (C=N–C) groups is 3. The van der Waals surface area contributed by atoms with Crippen LogP contribution in [0.4, 0.5) is 0 Å². The molecule has 1 aliphatic rings. The van der Waals surface area contributed by atoms with Crippen LogP contribution in [-0.2, 0) is 0 Å². The van der Waals surface area contributed by atoms with Gasteiger partial charge in [-0.3, -0.25) is 9.98 Å². The smallest absolute Gasteiger partial charge is 0.218 e. The van der Waals surface area contributed by atoms with Gasteiger partial charge in [-0.2, -0.15) is 4.99 Å². The molecule has 0 saturated carbocycles. The minimum Gasteiger partial charge on any atom is -0.370 e. The van der Waals surface area contributed by atoms with Crippen molar-refractivity contribution in [2.24, 2.45) is 44.0 Å². The van der Waals surface area contributed by atoms with Crippen molar-refractivity contribution in [1.82, 2.24) is 0 Å². The van der Waals surface area contributed by atoms with Crippen molar-refractivity contribution in [3.05, 3.63) is 0 Å². The van der Waals surface area contributed by atoms with Crippen LogP contribution in [0.5, 0.6) is 0 Å². The standard InChI is InChI=1S/C9H18N6/c1-6-4-13-5-7(6)2-3-14-9(12)15-8(10)11/h5-7H,2-4H2,1H3,(H6,10,11,12,14,15). The number of nitrogens with zero attached hydrogens (tertiary/aromatic N) is 3. The van der Waals surface area contributed by atoms with Crippen LogP contribution in [0.15, 0.2) is 15.0 Å². The Bertz CT molecular complexity index is 289. The van der Waals surface area contributed by atoms with E-state index in [0.717, 1.165) is 13.0 Å². The monoisotopic (exact) mass is 210 g/mol. The lowest BCUT2D eigenvalue weighted by Crippen LogP contribution is -2.26. The summed E-state index contributed by atoms with van der Waals surface area (Å²) in [6, 6.07) is 0. The third-order valence-corrected chi connectivity index (χ3v) is 2.40. The fourth-order valence-electron chi connectivity index (χ4n) is 1.50. The van der Waals surface area contributed by atoms with Crippen molar-refractivity contribution in [3.63, 3.8) is 0 Å². The zero-order chi connectivity index (χ0) is 11.3. The summed E-state index contributed by atoms with van der Waals surface area (Å²) in [7, 11) is 0. The Balaban J connectivity index is 2.32. The Morgan fingerprint density at radius 1 is 1.47 bits per heavy atom. The Morgan fingerprint density at radius 2 is 2.20 bits per heavy atom. The molecule has 6 N–H and O–H groups in total. The van der Waals surface area contributed by atoms with Crippen LogP contribution in [0.1, 0.15) is 13.3 Å². The highest BCUT2D eigenvalue weighted by atomic mass is 15.1. The van der Waals surface area contributed by atoms with E-state index in [4.69, 9.17) is 17.2 Å². The van der Waals surface area contributed by atoms with Gasteiger partial charge in [-0.15, -0.1) is 0 Å². The maximum atomic E-state index is 5.46. The highest BCUT2D eigenvalue weighted by Gasteiger charge is 2.18. The van der Waals surface area contributed by atoms with E-state index in [9.17, 15) is 0 Å². The van der Waals surface area contributed by atoms with Crippen molar-refractivity contribution in [2.45, 2.75) is 13.3 Å². The zero-order valence-corrected chi connectivity index (χ0v) is 8.93. The summed E-state index contributed by atoms with van der Waals surface area (Å²) in [5.41, 5.74) is 15.8. The first-order chi connectivity index (χ1) is 7.09. The van der Waals surface area contributed by atoms with Crippen molar-refractivity contribution >= 4 is 18.1 Å². The van der Waals surface area contributed by atoms with E-state index in [0.29, 0.717) is 18.4 Å². The van der Waals surface area contributed by atoms with Crippen LogP contribution in [0.25, 0.3) is 0 Å². The zero-order valence-electron chi connectivity index (χ0n) is 8.93. The average Bonchev–Trinajstić information content (AvgIpc) is 2.50. The third kappa shape index (κ3) is 3.97. The molecule has 0 fully saturated rings. The van der Waals surface area contributed by atoms with Crippen LogP contribution in [0, 0.1) is 11.8 Å². The average molecular weight is 210 g/mol. The molecule has 0 spiro atoms. The molecule has 1 aliphatic heterocycles. The van der Waals surface area contributed by atoms with E-state index in [1.54, 1.807) is 0 Å². The van der Waals surface area contributed by atoms with Gasteiger partial charge in [0, 0.05) is 19.3 Å². The van der Waals surface area contributed by atoms with Crippen LogP contribution in [0.3, 0.4) is 0 Å². The Labute approximate surface area is 89.4 Å². The Kier molecular flexibility index (Phi) is 4.08. The molecule has 0 bridgehead atoms. The molecule has 6 heteroatoms. The SMILES string of the molecule is CC1CN=CC1CCN=C(N)N=C(N)N. The summed E-state index contributed by atoms with van der Waals surface area (Å²) in [6.45, 7) is 3.72. The van der Waals surface area contributed by atoms with Gasteiger partial charge in [0.05, 0.1) is 0 Å². The van der Waals surface area contributed by atoms with Gasteiger partial charge in [0.1, 0.15) is 0 Å². The van der Waals surface area contributed by atoms with Crippen LogP contribution in [-0.4, -0.2) is 31.2 Å². The molecule has 84 valence electrons. The first kappa shape index (κ1) is 11.5. The topological polar surface area (TPSA) is 115 Å². The second kappa shape index (κ2) is 5.33. The summed E-state index contributed by atoms with van der Waals surface area (Å²) in [4.78, 5) is 11.9. The van der Waals surface area contributed by atoms with Crippen molar-refractivity contribution in [1.29, 1.82) is 0 Å². The fraction of sp³-hybridized carbons (Fsp3) is 0.667. The maximum absolute atomic E-state index is 5.46. The van der Waals surface area contributed by atoms with E-state index in [1.807, 2.05) is 6.21 Å². The molecule has 0 aromatic rings. The second-order valence-electron chi connectivity index (χ2n) is 3.72. The molecular weight excluding hydrogens is 192 g/mol. The first-order valence-corrected chi connectivity index (χ1v) is 4.99. The molecule has 0 aromatic carbocycles. The lowest BCUT2D eigenvalue weighted by Gasteiger charge is -2.10. The van der Waals surface area contributed by atoms with E-state index >= 15 is 0 Å². The molecule has 2 unspecified atom stereocenters. The van der Waals surface area contributed by atoms with Gasteiger partial charge in [-0.05, 0) is 18.3 Å².